The van der Waals surface area contributed by atoms with Gasteiger partial charge in [0, 0.05) is 31.1 Å². The van der Waals surface area contributed by atoms with Gasteiger partial charge in [-0.25, -0.2) is 0 Å². The quantitative estimate of drug-likeness (QED) is 0.899. The highest BCUT2D eigenvalue weighted by atomic mass is 16.2. The predicted octanol–water partition coefficient (Wildman–Crippen LogP) is 2.24. The van der Waals surface area contributed by atoms with Crippen molar-refractivity contribution in [2.24, 2.45) is 5.92 Å². The van der Waals surface area contributed by atoms with Crippen molar-refractivity contribution in [2.45, 2.75) is 44.6 Å². The molecule has 2 aliphatic rings. The lowest BCUT2D eigenvalue weighted by atomic mass is 9.81. The van der Waals surface area contributed by atoms with Gasteiger partial charge in [-0.3, -0.25) is 14.5 Å². The Kier molecular flexibility index (Phi) is 5.66. The number of nitrogens with zero attached hydrogens (tertiary/aromatic N) is 2. The Morgan fingerprint density at radius 3 is 2.46 bits per heavy atom. The zero-order chi connectivity index (χ0) is 18.7. The number of benzene rings is 1. The molecule has 2 amide bonds. The van der Waals surface area contributed by atoms with Gasteiger partial charge in [0.05, 0.1) is 6.54 Å². The number of amides is 2. The highest BCUT2D eigenvalue weighted by Gasteiger charge is 2.46. The lowest BCUT2D eigenvalue weighted by Crippen LogP contribution is -2.53. The van der Waals surface area contributed by atoms with Gasteiger partial charge in [-0.05, 0) is 37.8 Å². The van der Waals surface area contributed by atoms with E-state index in [1.165, 1.54) is 12.0 Å². The van der Waals surface area contributed by atoms with Crippen LogP contribution in [0.3, 0.4) is 0 Å². The van der Waals surface area contributed by atoms with E-state index in [2.05, 4.69) is 47.6 Å². The average Bonchev–Trinajstić information content (AvgIpc) is 2.97. The van der Waals surface area contributed by atoms with Crippen molar-refractivity contribution in [1.29, 1.82) is 0 Å². The number of hydrogen-bond acceptors (Lipinski definition) is 3. The Bertz CT molecular complexity index is 636. The molecule has 0 bridgehead atoms. The minimum atomic E-state index is -0.0884. The molecule has 26 heavy (non-hydrogen) atoms. The molecule has 2 heterocycles. The molecule has 0 unspecified atom stereocenters. The summed E-state index contributed by atoms with van der Waals surface area (Å²) in [6.45, 7) is 6.44. The van der Waals surface area contributed by atoms with Gasteiger partial charge in [0.1, 0.15) is 0 Å². The SMILES string of the molecule is CC(C)C(=O)NCC(=O)N1CCC2(CC1)C[C@@H](c1ccccc1)CN2C. The van der Waals surface area contributed by atoms with Crippen LogP contribution in [0.1, 0.15) is 44.6 Å². The van der Waals surface area contributed by atoms with Crippen LogP contribution in [0.25, 0.3) is 0 Å². The molecular weight excluding hydrogens is 326 g/mol. The molecule has 5 nitrogen and oxygen atoms in total. The molecule has 0 aromatic heterocycles. The third kappa shape index (κ3) is 3.93. The van der Waals surface area contributed by atoms with E-state index in [1.54, 1.807) is 0 Å². The minimum Gasteiger partial charge on any atom is -0.347 e. The molecule has 1 aromatic carbocycles. The molecule has 1 aromatic rings. The molecule has 0 aliphatic carbocycles. The van der Waals surface area contributed by atoms with E-state index in [9.17, 15) is 9.59 Å². The van der Waals surface area contributed by atoms with Gasteiger partial charge >= 0.3 is 0 Å². The summed E-state index contributed by atoms with van der Waals surface area (Å²) in [4.78, 5) is 28.5. The zero-order valence-electron chi connectivity index (χ0n) is 16.2. The Hall–Kier alpha value is -1.88. The molecule has 1 spiro atoms. The van der Waals surface area contributed by atoms with Crippen LogP contribution in [0.5, 0.6) is 0 Å². The predicted molar refractivity (Wildman–Crippen MR) is 103 cm³/mol. The first kappa shape index (κ1) is 18.9. The number of likely N-dealkylation sites (N-methyl/N-ethyl adjacent to an activating group) is 1. The van der Waals surface area contributed by atoms with Crippen LogP contribution < -0.4 is 5.32 Å². The fraction of sp³-hybridized carbons (Fsp3) is 0.619. The first-order valence-electron chi connectivity index (χ1n) is 9.73. The molecular formula is C21H31N3O2. The lowest BCUT2D eigenvalue weighted by molar-refractivity contribution is -0.135. The standard InChI is InChI=1S/C21H31N3O2/c1-16(2)20(26)22-14-19(25)24-11-9-21(10-12-24)13-18(15-23(21)3)17-7-5-4-6-8-17/h4-8,16,18H,9-15H2,1-3H3,(H,22,26)/t18-/m1/s1. The maximum absolute atomic E-state index is 12.4. The normalized spacial score (nSPS) is 22.8. The van der Waals surface area contributed by atoms with Crippen molar-refractivity contribution < 1.29 is 9.59 Å². The summed E-state index contributed by atoms with van der Waals surface area (Å²) >= 11 is 0. The number of rotatable bonds is 4. The largest absolute Gasteiger partial charge is 0.347 e. The molecule has 2 aliphatic heterocycles. The highest BCUT2D eigenvalue weighted by molar-refractivity contribution is 5.85. The maximum Gasteiger partial charge on any atom is 0.241 e. The lowest BCUT2D eigenvalue weighted by Gasteiger charge is -2.43. The van der Waals surface area contributed by atoms with Gasteiger partial charge < -0.3 is 10.2 Å². The molecule has 0 radical (unpaired) electrons. The van der Waals surface area contributed by atoms with Crippen molar-refractivity contribution in [1.82, 2.24) is 15.1 Å². The van der Waals surface area contributed by atoms with Crippen LogP contribution in [-0.2, 0) is 9.59 Å². The summed E-state index contributed by atoms with van der Waals surface area (Å²) in [6.07, 6.45) is 3.19. The van der Waals surface area contributed by atoms with Gasteiger partial charge in [-0.1, -0.05) is 44.2 Å². The molecule has 0 saturated carbocycles. The number of likely N-dealkylation sites (tertiary alicyclic amines) is 2. The summed E-state index contributed by atoms with van der Waals surface area (Å²) in [6, 6.07) is 10.8. The van der Waals surface area contributed by atoms with Gasteiger partial charge in [-0.15, -0.1) is 0 Å². The number of nitrogens with one attached hydrogen (secondary N) is 1. The van der Waals surface area contributed by atoms with Crippen molar-refractivity contribution in [3.8, 4) is 0 Å². The number of hydrogen-bond donors (Lipinski definition) is 1. The summed E-state index contributed by atoms with van der Waals surface area (Å²) in [5.41, 5.74) is 1.63. The van der Waals surface area contributed by atoms with E-state index >= 15 is 0 Å². The van der Waals surface area contributed by atoms with Gasteiger partial charge in [0.25, 0.3) is 0 Å². The van der Waals surface area contributed by atoms with Crippen LogP contribution in [0.2, 0.25) is 0 Å². The van der Waals surface area contributed by atoms with Crippen molar-refractivity contribution >= 4 is 11.8 Å². The third-order valence-electron chi connectivity index (χ3n) is 6.19. The Morgan fingerprint density at radius 1 is 1.19 bits per heavy atom. The molecule has 5 heteroatoms. The molecule has 1 atom stereocenters. The minimum absolute atomic E-state index is 0.0362. The van der Waals surface area contributed by atoms with E-state index < -0.39 is 0 Å². The topological polar surface area (TPSA) is 52.7 Å². The summed E-state index contributed by atoms with van der Waals surface area (Å²) in [5, 5.41) is 2.74. The second kappa shape index (κ2) is 7.78. The van der Waals surface area contributed by atoms with E-state index in [0.717, 1.165) is 32.5 Å². The molecule has 142 valence electrons. The first-order valence-corrected chi connectivity index (χ1v) is 9.73. The second-order valence-corrected chi connectivity index (χ2v) is 8.17. The number of carbonyl (C=O) groups is 2. The fourth-order valence-corrected chi connectivity index (χ4v) is 4.39. The number of piperidine rings is 1. The third-order valence-corrected chi connectivity index (χ3v) is 6.19. The second-order valence-electron chi connectivity index (χ2n) is 8.17. The zero-order valence-corrected chi connectivity index (χ0v) is 16.2. The van der Waals surface area contributed by atoms with E-state index in [0.29, 0.717) is 5.92 Å². The van der Waals surface area contributed by atoms with E-state index in [-0.39, 0.29) is 29.8 Å². The van der Waals surface area contributed by atoms with Gasteiger partial charge in [-0.2, -0.15) is 0 Å². The fourth-order valence-electron chi connectivity index (χ4n) is 4.39. The molecule has 2 saturated heterocycles. The summed E-state index contributed by atoms with van der Waals surface area (Å²) in [5.74, 6) is 0.463. The van der Waals surface area contributed by atoms with E-state index in [4.69, 9.17) is 0 Å². The van der Waals surface area contributed by atoms with Crippen LogP contribution in [0, 0.1) is 5.92 Å². The van der Waals surface area contributed by atoms with E-state index in [1.807, 2.05) is 18.7 Å². The molecule has 1 N–H and O–H groups in total. The van der Waals surface area contributed by atoms with Crippen LogP contribution in [0.15, 0.2) is 30.3 Å². The number of carbonyl (C=O) groups excluding carboxylic acids is 2. The maximum atomic E-state index is 12.4. The van der Waals surface area contributed by atoms with Crippen LogP contribution in [-0.4, -0.2) is 60.4 Å². The molecule has 3 rings (SSSR count). The Morgan fingerprint density at radius 2 is 1.85 bits per heavy atom. The van der Waals surface area contributed by atoms with Gasteiger partial charge in [0.2, 0.25) is 11.8 Å². The van der Waals surface area contributed by atoms with Crippen LogP contribution >= 0.6 is 0 Å². The summed E-state index contributed by atoms with van der Waals surface area (Å²) in [7, 11) is 2.23. The van der Waals surface area contributed by atoms with Gasteiger partial charge in [0.15, 0.2) is 0 Å². The Labute approximate surface area is 156 Å². The smallest absolute Gasteiger partial charge is 0.241 e. The van der Waals surface area contributed by atoms with Crippen molar-refractivity contribution in [3.05, 3.63) is 35.9 Å². The Balaban J connectivity index is 1.54. The van der Waals surface area contributed by atoms with Crippen LogP contribution in [0.4, 0.5) is 0 Å². The van der Waals surface area contributed by atoms with Crippen molar-refractivity contribution in [2.75, 3.05) is 33.2 Å². The average molecular weight is 357 g/mol. The first-order chi connectivity index (χ1) is 12.4. The highest BCUT2D eigenvalue weighted by Crippen LogP contribution is 2.43. The monoisotopic (exact) mass is 357 g/mol. The molecule has 2 fully saturated rings. The summed E-state index contributed by atoms with van der Waals surface area (Å²) < 4.78 is 0. The van der Waals surface area contributed by atoms with Crippen molar-refractivity contribution in [3.63, 3.8) is 0 Å².